The summed E-state index contributed by atoms with van der Waals surface area (Å²) in [5.74, 6) is 0.982. The minimum absolute atomic E-state index is 0.0184. The van der Waals surface area contributed by atoms with Crippen LogP contribution in [0, 0.1) is 0 Å². The number of benzene rings is 1. The highest BCUT2D eigenvalue weighted by molar-refractivity contribution is 5.97. The SMILES string of the molecule is CCc1noc(CN(C(=O)c2ccccc2-n2cccn2)C(C)C)n1. The molecule has 130 valence electrons. The van der Waals surface area contributed by atoms with E-state index in [1.54, 1.807) is 21.8 Å². The number of aryl methyl sites for hydroxylation is 1. The smallest absolute Gasteiger partial charge is 0.256 e. The first kappa shape index (κ1) is 16.9. The van der Waals surface area contributed by atoms with Gasteiger partial charge in [0.2, 0.25) is 5.89 Å². The molecule has 0 aliphatic heterocycles. The summed E-state index contributed by atoms with van der Waals surface area (Å²) in [4.78, 5) is 19.2. The van der Waals surface area contributed by atoms with E-state index in [0.717, 1.165) is 5.69 Å². The second-order valence-corrected chi connectivity index (χ2v) is 5.95. The Morgan fingerprint density at radius 2 is 2.08 bits per heavy atom. The van der Waals surface area contributed by atoms with Gasteiger partial charge in [0.15, 0.2) is 5.82 Å². The summed E-state index contributed by atoms with van der Waals surface area (Å²) in [6.07, 6.45) is 4.20. The standard InChI is InChI=1S/C18H21N5O2/c1-4-16-20-17(25-21-16)12-22(13(2)3)18(24)14-8-5-6-9-15(14)23-11-7-10-19-23/h5-11,13H,4,12H2,1-3H3. The van der Waals surface area contributed by atoms with Gasteiger partial charge in [-0.2, -0.15) is 10.1 Å². The predicted molar refractivity (Wildman–Crippen MR) is 92.2 cm³/mol. The number of para-hydroxylation sites is 1. The van der Waals surface area contributed by atoms with E-state index in [2.05, 4.69) is 15.2 Å². The first-order valence-electron chi connectivity index (χ1n) is 8.31. The number of aromatic nitrogens is 4. The normalized spacial score (nSPS) is 11.0. The van der Waals surface area contributed by atoms with E-state index >= 15 is 0 Å². The van der Waals surface area contributed by atoms with E-state index in [-0.39, 0.29) is 18.5 Å². The zero-order chi connectivity index (χ0) is 17.8. The molecule has 0 bridgehead atoms. The molecule has 0 saturated carbocycles. The third-order valence-corrected chi connectivity index (χ3v) is 3.90. The first-order valence-corrected chi connectivity index (χ1v) is 8.31. The fourth-order valence-corrected chi connectivity index (χ4v) is 2.55. The molecule has 0 atom stereocenters. The van der Waals surface area contributed by atoms with Crippen LogP contribution in [0.3, 0.4) is 0 Å². The fraction of sp³-hybridized carbons (Fsp3) is 0.333. The van der Waals surface area contributed by atoms with Crippen LogP contribution in [0.2, 0.25) is 0 Å². The maximum atomic E-state index is 13.2. The van der Waals surface area contributed by atoms with E-state index in [0.29, 0.717) is 23.7 Å². The van der Waals surface area contributed by atoms with E-state index in [9.17, 15) is 4.79 Å². The van der Waals surface area contributed by atoms with Gasteiger partial charge >= 0.3 is 0 Å². The molecule has 7 nitrogen and oxygen atoms in total. The molecule has 1 aromatic carbocycles. The highest BCUT2D eigenvalue weighted by atomic mass is 16.5. The van der Waals surface area contributed by atoms with E-state index in [1.165, 1.54) is 0 Å². The van der Waals surface area contributed by atoms with Crippen molar-refractivity contribution in [1.82, 2.24) is 24.8 Å². The van der Waals surface area contributed by atoms with Gasteiger partial charge in [0.05, 0.1) is 11.3 Å². The van der Waals surface area contributed by atoms with Crippen LogP contribution in [0.5, 0.6) is 0 Å². The molecule has 0 radical (unpaired) electrons. The molecule has 0 aliphatic carbocycles. The lowest BCUT2D eigenvalue weighted by atomic mass is 10.1. The van der Waals surface area contributed by atoms with Gasteiger partial charge in [0.1, 0.15) is 6.54 Å². The van der Waals surface area contributed by atoms with Crippen molar-refractivity contribution in [2.45, 2.75) is 39.8 Å². The maximum Gasteiger partial charge on any atom is 0.256 e. The van der Waals surface area contributed by atoms with E-state index in [1.807, 2.05) is 51.2 Å². The van der Waals surface area contributed by atoms with Gasteiger partial charge in [0, 0.05) is 24.9 Å². The Labute approximate surface area is 146 Å². The molecule has 0 aliphatic rings. The minimum atomic E-state index is -0.0997. The number of hydrogen-bond donors (Lipinski definition) is 0. The summed E-state index contributed by atoms with van der Waals surface area (Å²) in [5.41, 5.74) is 1.32. The third kappa shape index (κ3) is 3.60. The van der Waals surface area contributed by atoms with E-state index < -0.39 is 0 Å². The lowest BCUT2D eigenvalue weighted by Crippen LogP contribution is -2.37. The second kappa shape index (κ2) is 7.29. The minimum Gasteiger partial charge on any atom is -0.337 e. The monoisotopic (exact) mass is 339 g/mol. The van der Waals surface area contributed by atoms with Crippen LogP contribution >= 0.6 is 0 Å². The average Bonchev–Trinajstić information content (AvgIpc) is 3.30. The number of rotatable bonds is 6. The summed E-state index contributed by atoms with van der Waals surface area (Å²) in [7, 11) is 0. The van der Waals surface area contributed by atoms with Gasteiger partial charge < -0.3 is 9.42 Å². The molecule has 0 N–H and O–H groups in total. The molecule has 0 unspecified atom stereocenters. The van der Waals surface area contributed by atoms with Crippen molar-refractivity contribution in [3.63, 3.8) is 0 Å². The van der Waals surface area contributed by atoms with E-state index in [4.69, 9.17) is 4.52 Å². The molecule has 2 heterocycles. The fourth-order valence-electron chi connectivity index (χ4n) is 2.55. The maximum absolute atomic E-state index is 13.2. The quantitative estimate of drug-likeness (QED) is 0.690. The lowest BCUT2D eigenvalue weighted by Gasteiger charge is -2.26. The van der Waals surface area contributed by atoms with Crippen LogP contribution in [-0.2, 0) is 13.0 Å². The molecular weight excluding hydrogens is 318 g/mol. The van der Waals surface area contributed by atoms with Gasteiger partial charge in [-0.25, -0.2) is 4.68 Å². The highest BCUT2D eigenvalue weighted by Crippen LogP contribution is 2.19. The Kier molecular flexibility index (Phi) is 4.92. The highest BCUT2D eigenvalue weighted by Gasteiger charge is 2.24. The van der Waals surface area contributed by atoms with Crippen LogP contribution in [0.15, 0.2) is 47.2 Å². The predicted octanol–water partition coefficient (Wildman–Crippen LogP) is 2.87. The number of hydrogen-bond acceptors (Lipinski definition) is 5. The van der Waals surface area contributed by atoms with Gasteiger partial charge in [-0.3, -0.25) is 4.79 Å². The number of amides is 1. The van der Waals surface area contributed by atoms with Crippen molar-refractivity contribution < 1.29 is 9.32 Å². The summed E-state index contributed by atoms with van der Waals surface area (Å²) in [6.45, 7) is 6.16. The number of nitrogens with zero attached hydrogens (tertiary/aromatic N) is 5. The molecule has 0 saturated heterocycles. The van der Waals surface area contributed by atoms with Gasteiger partial charge in [-0.1, -0.05) is 24.2 Å². The molecule has 25 heavy (non-hydrogen) atoms. The lowest BCUT2D eigenvalue weighted by molar-refractivity contribution is 0.0667. The molecule has 0 spiro atoms. The van der Waals surface area contributed by atoms with Gasteiger partial charge in [-0.15, -0.1) is 0 Å². The molecule has 7 heteroatoms. The zero-order valence-electron chi connectivity index (χ0n) is 14.6. The molecule has 3 aromatic rings. The first-order chi connectivity index (χ1) is 12.1. The van der Waals surface area contributed by atoms with Crippen LogP contribution < -0.4 is 0 Å². The molecule has 3 rings (SSSR count). The average molecular weight is 339 g/mol. The van der Waals surface area contributed by atoms with Crippen molar-refractivity contribution in [3.05, 3.63) is 60.0 Å². The van der Waals surface area contributed by atoms with Crippen molar-refractivity contribution in [1.29, 1.82) is 0 Å². The topological polar surface area (TPSA) is 77.0 Å². The van der Waals surface area contributed by atoms with Crippen LogP contribution in [0.4, 0.5) is 0 Å². The van der Waals surface area contributed by atoms with Crippen LogP contribution in [0.25, 0.3) is 5.69 Å². The number of carbonyl (C=O) groups is 1. The molecule has 2 aromatic heterocycles. The summed E-state index contributed by atoms with van der Waals surface area (Å²) in [5, 5.41) is 8.14. The molecular formula is C18H21N5O2. The largest absolute Gasteiger partial charge is 0.337 e. The third-order valence-electron chi connectivity index (χ3n) is 3.90. The summed E-state index contributed by atoms with van der Waals surface area (Å²) in [6, 6.07) is 9.22. The number of carbonyl (C=O) groups excluding carboxylic acids is 1. The molecule has 1 amide bonds. The van der Waals surface area contributed by atoms with Crippen molar-refractivity contribution in [2.24, 2.45) is 0 Å². The van der Waals surface area contributed by atoms with Gasteiger partial charge in [0.25, 0.3) is 5.91 Å². The zero-order valence-corrected chi connectivity index (χ0v) is 14.6. The van der Waals surface area contributed by atoms with Crippen molar-refractivity contribution >= 4 is 5.91 Å². The summed E-state index contributed by atoms with van der Waals surface area (Å²) < 4.78 is 6.94. The Bertz CT molecular complexity index is 839. The van der Waals surface area contributed by atoms with Crippen molar-refractivity contribution in [3.8, 4) is 5.69 Å². The Balaban J connectivity index is 1.91. The van der Waals surface area contributed by atoms with Gasteiger partial charge in [-0.05, 0) is 32.0 Å². The Hall–Kier alpha value is -2.96. The van der Waals surface area contributed by atoms with Crippen molar-refractivity contribution in [2.75, 3.05) is 0 Å². The molecule has 0 fully saturated rings. The Morgan fingerprint density at radius 3 is 2.72 bits per heavy atom. The van der Waals surface area contributed by atoms with Crippen LogP contribution in [0.1, 0.15) is 42.8 Å². The summed E-state index contributed by atoms with van der Waals surface area (Å²) >= 11 is 0. The van der Waals surface area contributed by atoms with Crippen LogP contribution in [-0.4, -0.2) is 36.8 Å². The second-order valence-electron chi connectivity index (χ2n) is 5.95. The Morgan fingerprint density at radius 1 is 1.28 bits per heavy atom.